The average molecular weight is 242 g/mol. The molecular formula is C14H18N4. The van der Waals surface area contributed by atoms with Crippen LogP contribution in [0.5, 0.6) is 0 Å². The fraction of sp³-hybridized carbons (Fsp3) is 0.429. The first-order chi connectivity index (χ1) is 8.93. The number of rotatable bonds is 4. The normalized spacial score (nSPS) is 16.2. The van der Waals surface area contributed by atoms with Crippen LogP contribution in [0.15, 0.2) is 30.3 Å². The molecule has 1 aromatic carbocycles. The maximum absolute atomic E-state index is 4.26. The molecule has 94 valence electrons. The first kappa shape index (κ1) is 11.4. The van der Waals surface area contributed by atoms with Crippen molar-refractivity contribution in [3.8, 4) is 11.3 Å². The van der Waals surface area contributed by atoms with Crippen molar-refractivity contribution in [3.63, 3.8) is 0 Å². The van der Waals surface area contributed by atoms with E-state index in [-0.39, 0.29) is 0 Å². The lowest BCUT2D eigenvalue weighted by Gasteiger charge is -2.10. The van der Waals surface area contributed by atoms with Gasteiger partial charge in [-0.15, -0.1) is 0 Å². The van der Waals surface area contributed by atoms with Crippen molar-refractivity contribution in [2.75, 3.05) is 0 Å². The fourth-order valence-electron chi connectivity index (χ4n) is 2.57. The lowest BCUT2D eigenvalue weighted by Crippen LogP contribution is -2.25. The summed E-state index contributed by atoms with van der Waals surface area (Å²) in [6.07, 6.45) is 5.28. The van der Waals surface area contributed by atoms with Crippen LogP contribution in [-0.4, -0.2) is 21.5 Å². The smallest absolute Gasteiger partial charge is 0.117 e. The quantitative estimate of drug-likeness (QED) is 0.866. The fourth-order valence-corrected chi connectivity index (χ4v) is 2.57. The molecule has 4 nitrogen and oxygen atoms in total. The van der Waals surface area contributed by atoms with Crippen molar-refractivity contribution in [1.29, 1.82) is 0 Å². The molecule has 1 saturated carbocycles. The number of hydrogen-bond acceptors (Lipinski definition) is 3. The Bertz CT molecular complexity index is 486. The van der Waals surface area contributed by atoms with Crippen molar-refractivity contribution in [2.45, 2.75) is 38.3 Å². The minimum absolute atomic E-state index is 0.658. The molecule has 1 aliphatic rings. The molecule has 2 N–H and O–H groups in total. The van der Waals surface area contributed by atoms with Gasteiger partial charge in [0, 0.05) is 18.2 Å². The highest BCUT2D eigenvalue weighted by Gasteiger charge is 2.16. The molecule has 0 saturated heterocycles. The average Bonchev–Trinajstić information content (AvgIpc) is 3.09. The Hall–Kier alpha value is -1.68. The second-order valence-corrected chi connectivity index (χ2v) is 4.85. The molecule has 1 aromatic heterocycles. The summed E-state index contributed by atoms with van der Waals surface area (Å²) in [6, 6.07) is 10.9. The number of H-pyrrole nitrogens is 1. The van der Waals surface area contributed by atoms with Gasteiger partial charge in [0.1, 0.15) is 11.4 Å². The third-order valence-electron chi connectivity index (χ3n) is 3.58. The van der Waals surface area contributed by atoms with E-state index < -0.39 is 0 Å². The zero-order valence-corrected chi connectivity index (χ0v) is 10.4. The second kappa shape index (κ2) is 5.31. The Morgan fingerprint density at radius 1 is 1.11 bits per heavy atom. The predicted octanol–water partition coefficient (Wildman–Crippen LogP) is 2.50. The Kier molecular flexibility index (Phi) is 3.37. The maximum Gasteiger partial charge on any atom is 0.117 e. The third-order valence-corrected chi connectivity index (χ3v) is 3.58. The van der Waals surface area contributed by atoms with E-state index in [0.29, 0.717) is 6.04 Å². The van der Waals surface area contributed by atoms with Gasteiger partial charge in [-0.25, -0.2) is 0 Å². The molecule has 4 heteroatoms. The van der Waals surface area contributed by atoms with Crippen LogP contribution in [0.2, 0.25) is 0 Å². The number of nitrogens with one attached hydrogen (secondary N) is 2. The molecule has 18 heavy (non-hydrogen) atoms. The molecular weight excluding hydrogens is 224 g/mol. The van der Waals surface area contributed by atoms with Gasteiger partial charge in [0.2, 0.25) is 0 Å². The number of aromatic amines is 1. The zero-order valence-electron chi connectivity index (χ0n) is 10.4. The molecule has 0 aliphatic heterocycles. The monoisotopic (exact) mass is 242 g/mol. The first-order valence-corrected chi connectivity index (χ1v) is 6.62. The molecule has 0 bridgehead atoms. The summed E-state index contributed by atoms with van der Waals surface area (Å²) < 4.78 is 0. The van der Waals surface area contributed by atoms with Gasteiger partial charge >= 0.3 is 0 Å². The van der Waals surface area contributed by atoms with Crippen LogP contribution in [0.3, 0.4) is 0 Å². The first-order valence-electron chi connectivity index (χ1n) is 6.62. The van der Waals surface area contributed by atoms with E-state index in [9.17, 15) is 0 Å². The number of hydrogen-bond donors (Lipinski definition) is 2. The van der Waals surface area contributed by atoms with Crippen molar-refractivity contribution in [3.05, 3.63) is 36.0 Å². The summed E-state index contributed by atoms with van der Waals surface area (Å²) in [6.45, 7) is 0.797. The topological polar surface area (TPSA) is 53.6 Å². The van der Waals surface area contributed by atoms with E-state index in [4.69, 9.17) is 0 Å². The zero-order chi connectivity index (χ0) is 12.2. The van der Waals surface area contributed by atoms with Gasteiger partial charge in [0.05, 0.1) is 0 Å². The van der Waals surface area contributed by atoms with E-state index >= 15 is 0 Å². The lowest BCUT2D eigenvalue weighted by atomic mass is 10.1. The predicted molar refractivity (Wildman–Crippen MR) is 70.9 cm³/mol. The molecule has 0 amide bonds. The number of aromatic nitrogens is 3. The maximum atomic E-state index is 4.26. The highest BCUT2D eigenvalue weighted by molar-refractivity contribution is 5.60. The Labute approximate surface area is 107 Å². The van der Waals surface area contributed by atoms with Crippen molar-refractivity contribution in [1.82, 2.24) is 20.7 Å². The Balaban J connectivity index is 1.71. The van der Waals surface area contributed by atoms with Gasteiger partial charge < -0.3 is 5.32 Å². The standard InChI is InChI=1S/C14H18N4/c1-2-6-11(7-3-1)14-13(16-18-17-14)10-15-12-8-4-5-9-12/h1-3,6-7,12,15H,4-5,8-10H2,(H,16,17,18). The molecule has 1 aliphatic carbocycles. The number of nitrogens with zero attached hydrogens (tertiary/aromatic N) is 2. The van der Waals surface area contributed by atoms with Crippen LogP contribution in [0.25, 0.3) is 11.3 Å². The summed E-state index contributed by atoms with van der Waals surface area (Å²) in [5, 5.41) is 14.8. The van der Waals surface area contributed by atoms with Gasteiger partial charge in [-0.2, -0.15) is 15.4 Å². The Morgan fingerprint density at radius 2 is 1.89 bits per heavy atom. The summed E-state index contributed by atoms with van der Waals surface area (Å²) >= 11 is 0. The van der Waals surface area contributed by atoms with Crippen LogP contribution < -0.4 is 5.32 Å². The molecule has 0 spiro atoms. The summed E-state index contributed by atoms with van der Waals surface area (Å²) in [4.78, 5) is 0. The minimum Gasteiger partial charge on any atom is -0.308 e. The van der Waals surface area contributed by atoms with E-state index in [1.165, 1.54) is 25.7 Å². The third kappa shape index (κ3) is 2.43. The largest absolute Gasteiger partial charge is 0.308 e. The van der Waals surface area contributed by atoms with Crippen LogP contribution in [-0.2, 0) is 6.54 Å². The van der Waals surface area contributed by atoms with Crippen LogP contribution in [0.4, 0.5) is 0 Å². The van der Waals surface area contributed by atoms with E-state index in [1.807, 2.05) is 18.2 Å². The van der Waals surface area contributed by atoms with E-state index in [0.717, 1.165) is 23.5 Å². The molecule has 1 fully saturated rings. The molecule has 0 radical (unpaired) electrons. The van der Waals surface area contributed by atoms with Gasteiger partial charge in [-0.05, 0) is 12.8 Å². The van der Waals surface area contributed by atoms with Gasteiger partial charge in [-0.1, -0.05) is 43.2 Å². The van der Waals surface area contributed by atoms with Crippen LogP contribution in [0.1, 0.15) is 31.4 Å². The Morgan fingerprint density at radius 3 is 2.67 bits per heavy atom. The lowest BCUT2D eigenvalue weighted by molar-refractivity contribution is 0.519. The second-order valence-electron chi connectivity index (χ2n) is 4.85. The summed E-state index contributed by atoms with van der Waals surface area (Å²) in [5.41, 5.74) is 3.09. The van der Waals surface area contributed by atoms with Gasteiger partial charge in [0.15, 0.2) is 0 Å². The van der Waals surface area contributed by atoms with Gasteiger partial charge in [-0.3, -0.25) is 0 Å². The van der Waals surface area contributed by atoms with Crippen LogP contribution in [0, 0.1) is 0 Å². The molecule has 2 aromatic rings. The van der Waals surface area contributed by atoms with Crippen molar-refractivity contribution >= 4 is 0 Å². The van der Waals surface area contributed by atoms with Crippen LogP contribution >= 0.6 is 0 Å². The highest BCUT2D eigenvalue weighted by atomic mass is 15.3. The van der Waals surface area contributed by atoms with Gasteiger partial charge in [0.25, 0.3) is 0 Å². The highest BCUT2D eigenvalue weighted by Crippen LogP contribution is 2.21. The van der Waals surface area contributed by atoms with E-state index in [1.54, 1.807) is 0 Å². The summed E-state index contributed by atoms with van der Waals surface area (Å²) in [5.74, 6) is 0. The van der Waals surface area contributed by atoms with E-state index in [2.05, 4.69) is 32.9 Å². The molecule has 1 heterocycles. The SMILES string of the molecule is c1ccc(-c2n[nH]nc2CNC2CCCC2)cc1. The number of benzene rings is 1. The summed E-state index contributed by atoms with van der Waals surface area (Å²) in [7, 11) is 0. The molecule has 0 unspecified atom stereocenters. The van der Waals surface area contributed by atoms with Crippen molar-refractivity contribution < 1.29 is 0 Å². The molecule has 0 atom stereocenters. The van der Waals surface area contributed by atoms with Crippen molar-refractivity contribution in [2.24, 2.45) is 0 Å². The minimum atomic E-state index is 0.658. The molecule has 3 rings (SSSR count).